The molecule has 3 nitrogen and oxygen atoms in total. The Labute approximate surface area is 89.7 Å². The van der Waals surface area contributed by atoms with Gasteiger partial charge in [-0.05, 0) is 13.2 Å². The molecule has 0 aliphatic carbocycles. The normalized spacial score (nSPS) is 14.1. The molecule has 0 heterocycles. The van der Waals surface area contributed by atoms with Crippen LogP contribution in [0.4, 0.5) is 0 Å². The van der Waals surface area contributed by atoms with Crippen molar-refractivity contribution in [1.29, 1.82) is 0 Å². The molecule has 0 saturated carbocycles. The van der Waals surface area contributed by atoms with E-state index in [-0.39, 0.29) is 12.5 Å². The molecule has 0 aromatic heterocycles. The molecule has 1 unspecified atom stereocenters. The van der Waals surface area contributed by atoms with E-state index >= 15 is 0 Å². The highest BCUT2D eigenvalue weighted by atomic mass is 32.2. The quantitative estimate of drug-likeness (QED) is 0.639. The van der Waals surface area contributed by atoms with Crippen LogP contribution in [0.3, 0.4) is 0 Å². The summed E-state index contributed by atoms with van der Waals surface area (Å²) >= 11 is 1.54. The Balaban J connectivity index is 3.71. The van der Waals surface area contributed by atoms with Crippen molar-refractivity contribution in [2.45, 2.75) is 25.4 Å². The van der Waals surface area contributed by atoms with Gasteiger partial charge in [0.1, 0.15) is 0 Å². The maximum absolute atomic E-state index is 11.1. The molecule has 0 aliphatic heterocycles. The summed E-state index contributed by atoms with van der Waals surface area (Å²) in [6.45, 7) is 1.97. The van der Waals surface area contributed by atoms with Crippen molar-refractivity contribution in [3.63, 3.8) is 0 Å². The summed E-state index contributed by atoms with van der Waals surface area (Å²) in [6, 6.07) is 0. The topological polar surface area (TPSA) is 49.3 Å². The van der Waals surface area contributed by atoms with E-state index < -0.39 is 5.60 Å². The van der Waals surface area contributed by atoms with E-state index in [4.69, 9.17) is 6.42 Å². The molecule has 0 aliphatic rings. The SMILES string of the molecule is C#CCCC(=O)NCC(C)(O)CSC. The Morgan fingerprint density at radius 1 is 1.71 bits per heavy atom. The number of aliphatic hydroxyl groups is 1. The van der Waals surface area contributed by atoms with Gasteiger partial charge < -0.3 is 10.4 Å². The van der Waals surface area contributed by atoms with E-state index in [0.29, 0.717) is 18.6 Å². The fourth-order valence-corrected chi connectivity index (χ4v) is 1.65. The summed E-state index contributed by atoms with van der Waals surface area (Å²) in [5.41, 5.74) is -0.842. The van der Waals surface area contributed by atoms with Crippen molar-refractivity contribution in [2.75, 3.05) is 18.6 Å². The van der Waals surface area contributed by atoms with Gasteiger partial charge >= 0.3 is 0 Å². The van der Waals surface area contributed by atoms with Gasteiger partial charge in [-0.2, -0.15) is 11.8 Å². The molecule has 0 spiro atoms. The predicted molar refractivity (Wildman–Crippen MR) is 60.1 cm³/mol. The van der Waals surface area contributed by atoms with Crippen LogP contribution in [0.1, 0.15) is 19.8 Å². The maximum Gasteiger partial charge on any atom is 0.221 e. The molecule has 0 aromatic rings. The van der Waals surface area contributed by atoms with Gasteiger partial charge in [0.05, 0.1) is 5.60 Å². The van der Waals surface area contributed by atoms with Crippen molar-refractivity contribution < 1.29 is 9.90 Å². The summed E-state index contributed by atoms with van der Waals surface area (Å²) < 4.78 is 0. The maximum atomic E-state index is 11.1. The van der Waals surface area contributed by atoms with Crippen LogP contribution in [0.5, 0.6) is 0 Å². The monoisotopic (exact) mass is 215 g/mol. The smallest absolute Gasteiger partial charge is 0.221 e. The van der Waals surface area contributed by atoms with Crippen molar-refractivity contribution in [1.82, 2.24) is 5.32 Å². The van der Waals surface area contributed by atoms with Crippen molar-refractivity contribution >= 4 is 17.7 Å². The van der Waals surface area contributed by atoms with E-state index in [9.17, 15) is 9.90 Å². The Bertz CT molecular complexity index is 221. The van der Waals surface area contributed by atoms with E-state index in [0.717, 1.165) is 0 Å². The molecule has 0 bridgehead atoms. The molecular formula is C10H17NO2S. The molecule has 14 heavy (non-hydrogen) atoms. The highest BCUT2D eigenvalue weighted by Gasteiger charge is 2.19. The largest absolute Gasteiger partial charge is 0.387 e. The summed E-state index contributed by atoms with van der Waals surface area (Å²) in [6.07, 6.45) is 7.70. The first-order valence-electron chi connectivity index (χ1n) is 4.43. The van der Waals surface area contributed by atoms with Crippen LogP contribution in [-0.4, -0.2) is 35.2 Å². The third-order valence-corrected chi connectivity index (χ3v) is 2.53. The van der Waals surface area contributed by atoms with E-state index in [2.05, 4.69) is 11.2 Å². The van der Waals surface area contributed by atoms with Crippen LogP contribution in [-0.2, 0) is 4.79 Å². The lowest BCUT2D eigenvalue weighted by molar-refractivity contribution is -0.121. The number of rotatable bonds is 6. The third kappa shape index (κ3) is 6.81. The second kappa shape index (κ2) is 6.74. The van der Waals surface area contributed by atoms with Gasteiger partial charge in [-0.25, -0.2) is 0 Å². The van der Waals surface area contributed by atoms with Crippen LogP contribution >= 0.6 is 11.8 Å². The van der Waals surface area contributed by atoms with Gasteiger partial charge in [0, 0.05) is 25.1 Å². The zero-order valence-electron chi connectivity index (χ0n) is 8.67. The number of terminal acetylenes is 1. The molecule has 1 atom stereocenters. The van der Waals surface area contributed by atoms with Crippen molar-refractivity contribution in [2.24, 2.45) is 0 Å². The summed E-state index contributed by atoms with van der Waals surface area (Å²) in [5, 5.41) is 12.4. The fraction of sp³-hybridized carbons (Fsp3) is 0.700. The summed E-state index contributed by atoms with van der Waals surface area (Å²) in [5.74, 6) is 2.89. The Morgan fingerprint density at radius 3 is 2.86 bits per heavy atom. The van der Waals surface area contributed by atoms with Gasteiger partial charge in [-0.1, -0.05) is 0 Å². The average Bonchev–Trinajstić information content (AvgIpc) is 2.11. The number of thioether (sulfide) groups is 1. The van der Waals surface area contributed by atoms with Crippen molar-refractivity contribution in [3.05, 3.63) is 0 Å². The number of hydrogen-bond donors (Lipinski definition) is 2. The van der Waals surface area contributed by atoms with Gasteiger partial charge in [-0.15, -0.1) is 12.3 Å². The zero-order chi connectivity index (χ0) is 11.0. The van der Waals surface area contributed by atoms with Crippen LogP contribution in [0.2, 0.25) is 0 Å². The summed E-state index contributed by atoms with van der Waals surface area (Å²) in [7, 11) is 0. The number of nitrogens with one attached hydrogen (secondary N) is 1. The first kappa shape index (κ1) is 13.3. The van der Waals surface area contributed by atoms with Gasteiger partial charge in [0.15, 0.2) is 0 Å². The molecule has 0 rings (SSSR count). The molecule has 0 fully saturated rings. The van der Waals surface area contributed by atoms with E-state index in [1.807, 2.05) is 6.26 Å². The number of hydrogen-bond acceptors (Lipinski definition) is 3. The second-order valence-electron chi connectivity index (χ2n) is 3.41. The van der Waals surface area contributed by atoms with Crippen LogP contribution in [0.15, 0.2) is 0 Å². The Morgan fingerprint density at radius 2 is 2.36 bits per heavy atom. The summed E-state index contributed by atoms with van der Waals surface area (Å²) in [4.78, 5) is 11.1. The third-order valence-electron chi connectivity index (χ3n) is 1.62. The lowest BCUT2D eigenvalue weighted by Gasteiger charge is -2.22. The van der Waals surface area contributed by atoms with Gasteiger partial charge in [-0.3, -0.25) is 4.79 Å². The molecule has 80 valence electrons. The van der Waals surface area contributed by atoms with Gasteiger partial charge in [0.25, 0.3) is 0 Å². The lowest BCUT2D eigenvalue weighted by Crippen LogP contribution is -2.42. The molecule has 4 heteroatoms. The number of amides is 1. The highest BCUT2D eigenvalue weighted by molar-refractivity contribution is 7.98. The lowest BCUT2D eigenvalue weighted by atomic mass is 10.1. The van der Waals surface area contributed by atoms with E-state index in [1.165, 1.54) is 0 Å². The van der Waals surface area contributed by atoms with Crippen molar-refractivity contribution in [3.8, 4) is 12.3 Å². The average molecular weight is 215 g/mol. The first-order chi connectivity index (χ1) is 6.52. The second-order valence-corrected chi connectivity index (χ2v) is 4.28. The van der Waals surface area contributed by atoms with E-state index in [1.54, 1.807) is 18.7 Å². The minimum Gasteiger partial charge on any atom is -0.387 e. The van der Waals surface area contributed by atoms with Crippen LogP contribution in [0.25, 0.3) is 0 Å². The number of carbonyl (C=O) groups is 1. The van der Waals surface area contributed by atoms with Crippen LogP contribution < -0.4 is 5.32 Å². The Hall–Kier alpha value is -0.660. The molecule has 0 radical (unpaired) electrons. The fourth-order valence-electron chi connectivity index (χ4n) is 0.925. The molecule has 0 aromatic carbocycles. The molecule has 0 saturated heterocycles. The highest BCUT2D eigenvalue weighted by Crippen LogP contribution is 2.08. The number of carbonyl (C=O) groups excluding carboxylic acids is 1. The predicted octanol–water partition coefficient (Wildman–Crippen LogP) is 0.630. The Kier molecular flexibility index (Phi) is 6.43. The molecule has 2 N–H and O–H groups in total. The zero-order valence-corrected chi connectivity index (χ0v) is 9.49. The molecule has 1 amide bonds. The minimum absolute atomic E-state index is 0.107. The van der Waals surface area contributed by atoms with Gasteiger partial charge in [0.2, 0.25) is 5.91 Å². The first-order valence-corrected chi connectivity index (χ1v) is 5.82. The molecular weight excluding hydrogens is 198 g/mol. The standard InChI is InChI=1S/C10H17NO2S/c1-4-5-6-9(12)11-7-10(2,13)8-14-3/h1,13H,5-8H2,2-3H3,(H,11,12). The minimum atomic E-state index is -0.842. The van der Waals surface area contributed by atoms with Crippen LogP contribution in [0, 0.1) is 12.3 Å².